The fourth-order valence-corrected chi connectivity index (χ4v) is 2.51. The molecule has 0 radical (unpaired) electrons. The lowest BCUT2D eigenvalue weighted by atomic mass is 9.99. The Balaban J connectivity index is 2.45. The van der Waals surface area contributed by atoms with Crippen molar-refractivity contribution < 1.29 is 4.74 Å². The normalized spacial score (nSPS) is 12.3. The minimum absolute atomic E-state index is 0.184. The van der Waals surface area contributed by atoms with Gasteiger partial charge in [0.1, 0.15) is 5.75 Å². The number of nitrogens with two attached hydrogens (primary N) is 1. The van der Waals surface area contributed by atoms with Gasteiger partial charge in [0.15, 0.2) is 0 Å². The lowest BCUT2D eigenvalue weighted by Crippen LogP contribution is -2.28. The summed E-state index contributed by atoms with van der Waals surface area (Å²) in [4.78, 5) is 0. The maximum Gasteiger partial charge on any atom is 0.124 e. The van der Waals surface area contributed by atoms with Crippen LogP contribution in [0.1, 0.15) is 70.4 Å². The van der Waals surface area contributed by atoms with Crippen LogP contribution in [0, 0.1) is 0 Å². The maximum atomic E-state index is 5.73. The van der Waals surface area contributed by atoms with Crippen LogP contribution in [0.25, 0.3) is 0 Å². The molecule has 0 aliphatic carbocycles. The Hall–Kier alpha value is -1.06. The molecule has 1 unspecified atom stereocenters. The monoisotopic (exact) mass is 278 g/mol. The minimum Gasteiger partial charge on any atom is -0.494 e. The fourth-order valence-electron chi connectivity index (χ4n) is 2.51. The average Bonchev–Trinajstić information content (AvgIpc) is 2.48. The van der Waals surface area contributed by atoms with Crippen molar-refractivity contribution in [1.82, 2.24) is 5.43 Å². The molecule has 0 spiro atoms. The SMILES string of the molecule is CCCCCCCCC(NN)c1ccccc1OCC. The summed E-state index contributed by atoms with van der Waals surface area (Å²) in [6.07, 6.45) is 8.90. The molecule has 3 N–H and O–H groups in total. The van der Waals surface area contributed by atoms with Gasteiger partial charge < -0.3 is 4.74 Å². The third-order valence-electron chi connectivity index (χ3n) is 3.64. The van der Waals surface area contributed by atoms with Crippen molar-refractivity contribution in [2.45, 2.75) is 64.8 Å². The highest BCUT2D eigenvalue weighted by molar-refractivity contribution is 5.35. The zero-order valence-corrected chi connectivity index (χ0v) is 13.0. The molecule has 1 atom stereocenters. The van der Waals surface area contributed by atoms with Crippen molar-refractivity contribution in [3.8, 4) is 5.75 Å². The molecule has 0 fully saturated rings. The summed E-state index contributed by atoms with van der Waals surface area (Å²) >= 11 is 0. The van der Waals surface area contributed by atoms with Gasteiger partial charge in [0.05, 0.1) is 6.61 Å². The first-order valence-electron chi connectivity index (χ1n) is 8.01. The van der Waals surface area contributed by atoms with E-state index in [0.717, 1.165) is 12.2 Å². The topological polar surface area (TPSA) is 47.3 Å². The van der Waals surface area contributed by atoms with Crippen LogP contribution in [0.3, 0.4) is 0 Å². The molecule has 1 rings (SSSR count). The van der Waals surface area contributed by atoms with Gasteiger partial charge in [-0.15, -0.1) is 0 Å². The molecule has 0 saturated carbocycles. The summed E-state index contributed by atoms with van der Waals surface area (Å²) in [7, 11) is 0. The predicted octanol–water partition coefficient (Wildman–Crippen LogP) is 4.34. The van der Waals surface area contributed by atoms with Crippen molar-refractivity contribution in [3.05, 3.63) is 29.8 Å². The summed E-state index contributed by atoms with van der Waals surface area (Å²) in [5.41, 5.74) is 4.11. The van der Waals surface area contributed by atoms with Crippen LogP contribution in [-0.4, -0.2) is 6.61 Å². The Morgan fingerprint density at radius 1 is 1.05 bits per heavy atom. The van der Waals surface area contributed by atoms with E-state index >= 15 is 0 Å². The van der Waals surface area contributed by atoms with Crippen LogP contribution in [0.5, 0.6) is 5.75 Å². The second-order valence-corrected chi connectivity index (χ2v) is 5.25. The number of benzene rings is 1. The van der Waals surface area contributed by atoms with Gasteiger partial charge in [-0.2, -0.15) is 0 Å². The van der Waals surface area contributed by atoms with Gasteiger partial charge in [-0.25, -0.2) is 0 Å². The molecular weight excluding hydrogens is 248 g/mol. The van der Waals surface area contributed by atoms with Crippen LogP contribution in [0.4, 0.5) is 0 Å². The molecule has 1 aromatic carbocycles. The van der Waals surface area contributed by atoms with E-state index in [1.54, 1.807) is 0 Å². The third kappa shape index (κ3) is 5.93. The number of hydrogen-bond acceptors (Lipinski definition) is 3. The van der Waals surface area contributed by atoms with Crippen LogP contribution >= 0.6 is 0 Å². The molecule has 0 heterocycles. The van der Waals surface area contributed by atoms with Crippen LogP contribution in [0.2, 0.25) is 0 Å². The number of nitrogens with one attached hydrogen (secondary N) is 1. The van der Waals surface area contributed by atoms with Gasteiger partial charge in [0.2, 0.25) is 0 Å². The number of para-hydroxylation sites is 1. The van der Waals surface area contributed by atoms with Gasteiger partial charge in [-0.3, -0.25) is 11.3 Å². The number of unbranched alkanes of at least 4 members (excludes halogenated alkanes) is 5. The van der Waals surface area contributed by atoms with Crippen LogP contribution in [0.15, 0.2) is 24.3 Å². The first-order chi connectivity index (χ1) is 9.83. The summed E-state index contributed by atoms with van der Waals surface area (Å²) < 4.78 is 5.68. The van der Waals surface area contributed by atoms with Crippen molar-refractivity contribution in [2.24, 2.45) is 5.84 Å². The van der Waals surface area contributed by atoms with Crippen LogP contribution in [-0.2, 0) is 0 Å². The molecule has 0 bridgehead atoms. The Morgan fingerprint density at radius 2 is 1.75 bits per heavy atom. The molecular formula is C17H30N2O. The zero-order valence-electron chi connectivity index (χ0n) is 13.0. The number of hydrogen-bond donors (Lipinski definition) is 2. The maximum absolute atomic E-state index is 5.73. The second-order valence-electron chi connectivity index (χ2n) is 5.25. The van der Waals surface area contributed by atoms with E-state index in [0.29, 0.717) is 6.61 Å². The lowest BCUT2D eigenvalue weighted by molar-refractivity contribution is 0.329. The number of rotatable bonds is 11. The second kappa shape index (κ2) is 10.7. The molecule has 3 heteroatoms. The largest absolute Gasteiger partial charge is 0.494 e. The van der Waals surface area contributed by atoms with E-state index in [9.17, 15) is 0 Å². The van der Waals surface area contributed by atoms with Crippen molar-refractivity contribution in [3.63, 3.8) is 0 Å². The summed E-state index contributed by atoms with van der Waals surface area (Å²) in [6.45, 7) is 4.94. The minimum atomic E-state index is 0.184. The van der Waals surface area contributed by atoms with Crippen molar-refractivity contribution in [1.29, 1.82) is 0 Å². The van der Waals surface area contributed by atoms with Gasteiger partial charge in [-0.1, -0.05) is 63.6 Å². The number of hydrazine groups is 1. The molecule has 0 aromatic heterocycles. The zero-order chi connectivity index (χ0) is 14.6. The lowest BCUT2D eigenvalue weighted by Gasteiger charge is -2.19. The molecule has 1 aromatic rings. The smallest absolute Gasteiger partial charge is 0.124 e. The quantitative estimate of drug-likeness (QED) is 0.359. The first-order valence-corrected chi connectivity index (χ1v) is 8.01. The predicted molar refractivity (Wildman–Crippen MR) is 85.7 cm³/mol. The molecule has 114 valence electrons. The van der Waals surface area contributed by atoms with E-state index in [1.165, 1.54) is 44.1 Å². The Labute approximate surface area is 123 Å². The van der Waals surface area contributed by atoms with E-state index in [-0.39, 0.29) is 6.04 Å². The van der Waals surface area contributed by atoms with Gasteiger partial charge in [-0.05, 0) is 19.4 Å². The van der Waals surface area contributed by atoms with E-state index in [4.69, 9.17) is 10.6 Å². The van der Waals surface area contributed by atoms with Crippen LogP contribution < -0.4 is 16.0 Å². The molecule has 3 nitrogen and oxygen atoms in total. The van der Waals surface area contributed by atoms with Gasteiger partial charge in [0, 0.05) is 11.6 Å². The van der Waals surface area contributed by atoms with E-state index < -0.39 is 0 Å². The highest BCUT2D eigenvalue weighted by Gasteiger charge is 2.13. The highest BCUT2D eigenvalue weighted by atomic mass is 16.5. The fraction of sp³-hybridized carbons (Fsp3) is 0.647. The third-order valence-corrected chi connectivity index (χ3v) is 3.64. The molecule has 0 saturated heterocycles. The first kappa shape index (κ1) is 17.0. The summed E-state index contributed by atoms with van der Waals surface area (Å²) in [5, 5.41) is 0. The molecule has 0 amide bonds. The van der Waals surface area contributed by atoms with E-state index in [2.05, 4.69) is 18.4 Å². The average molecular weight is 278 g/mol. The Kier molecular flexibility index (Phi) is 9.09. The molecule has 20 heavy (non-hydrogen) atoms. The van der Waals surface area contributed by atoms with Gasteiger partial charge >= 0.3 is 0 Å². The van der Waals surface area contributed by atoms with Gasteiger partial charge in [0.25, 0.3) is 0 Å². The molecule has 0 aliphatic heterocycles. The standard InChI is InChI=1S/C17H30N2O/c1-3-5-6-7-8-9-13-16(19-18)15-12-10-11-14-17(15)20-4-2/h10-12,14,16,19H,3-9,13,18H2,1-2H3. The Bertz CT molecular complexity index is 355. The molecule has 0 aliphatic rings. The summed E-state index contributed by atoms with van der Waals surface area (Å²) in [6, 6.07) is 8.36. The van der Waals surface area contributed by atoms with Crippen molar-refractivity contribution in [2.75, 3.05) is 6.61 Å². The summed E-state index contributed by atoms with van der Waals surface area (Å²) in [5.74, 6) is 6.67. The Morgan fingerprint density at radius 3 is 2.45 bits per heavy atom. The van der Waals surface area contributed by atoms with E-state index in [1.807, 2.05) is 25.1 Å². The highest BCUT2D eigenvalue weighted by Crippen LogP contribution is 2.28. The number of ether oxygens (including phenoxy) is 1. The van der Waals surface area contributed by atoms with Crippen molar-refractivity contribution >= 4 is 0 Å².